The second-order valence-electron chi connectivity index (χ2n) is 6.09. The van der Waals surface area contributed by atoms with Crippen molar-refractivity contribution in [3.05, 3.63) is 71.8 Å². The Hall–Kier alpha value is -2.13. The number of carbonyl (C=O) groups is 1. The van der Waals surface area contributed by atoms with E-state index in [4.69, 9.17) is 4.74 Å². The Morgan fingerprint density at radius 3 is 2.26 bits per heavy atom. The highest BCUT2D eigenvalue weighted by Crippen LogP contribution is 2.35. The molecular formula is C20H22O3. The highest BCUT2D eigenvalue weighted by atomic mass is 16.6. The Bertz CT molecular complexity index is 624. The Morgan fingerprint density at radius 1 is 0.957 bits per heavy atom. The summed E-state index contributed by atoms with van der Waals surface area (Å²) >= 11 is 0. The molecule has 2 aromatic carbocycles. The van der Waals surface area contributed by atoms with Crippen molar-refractivity contribution in [3.8, 4) is 0 Å². The van der Waals surface area contributed by atoms with Gasteiger partial charge < -0.3 is 9.84 Å². The molecule has 3 nitrogen and oxygen atoms in total. The predicted molar refractivity (Wildman–Crippen MR) is 88.9 cm³/mol. The Kier molecular flexibility index (Phi) is 5.09. The molecule has 120 valence electrons. The van der Waals surface area contributed by atoms with Crippen LogP contribution in [0.5, 0.6) is 0 Å². The van der Waals surface area contributed by atoms with Crippen LogP contribution in [0.1, 0.15) is 48.8 Å². The lowest BCUT2D eigenvalue weighted by Gasteiger charge is -2.32. The standard InChI is InChI=1S/C20H22O3/c21-19(16-11-5-2-6-12-16)20(22)23-18-14-8-7-13-17(18)15-9-3-1-4-10-15/h1-6,9-12,17-19,21H,7-8,13-14H2/t17-,18+,19?/m0/s1. The summed E-state index contributed by atoms with van der Waals surface area (Å²) in [4.78, 5) is 12.3. The lowest BCUT2D eigenvalue weighted by molar-refractivity contribution is -0.162. The van der Waals surface area contributed by atoms with E-state index >= 15 is 0 Å². The monoisotopic (exact) mass is 310 g/mol. The first-order chi connectivity index (χ1) is 11.3. The summed E-state index contributed by atoms with van der Waals surface area (Å²) in [6, 6.07) is 19.1. The normalized spacial score (nSPS) is 22.3. The highest BCUT2D eigenvalue weighted by Gasteiger charge is 2.31. The van der Waals surface area contributed by atoms with E-state index in [1.807, 2.05) is 24.3 Å². The number of carbonyl (C=O) groups excluding carboxylic acids is 1. The quantitative estimate of drug-likeness (QED) is 0.869. The van der Waals surface area contributed by atoms with Gasteiger partial charge in [-0.3, -0.25) is 0 Å². The molecule has 1 aliphatic rings. The van der Waals surface area contributed by atoms with Crippen LogP contribution in [0, 0.1) is 0 Å². The number of ether oxygens (including phenoxy) is 1. The number of hydrogen-bond acceptors (Lipinski definition) is 3. The summed E-state index contributed by atoms with van der Waals surface area (Å²) in [7, 11) is 0. The maximum Gasteiger partial charge on any atom is 0.339 e. The van der Waals surface area contributed by atoms with Gasteiger partial charge >= 0.3 is 5.97 Å². The zero-order valence-electron chi connectivity index (χ0n) is 13.1. The van der Waals surface area contributed by atoms with Gasteiger partial charge in [-0.25, -0.2) is 4.79 Å². The molecule has 0 bridgehead atoms. The molecule has 0 spiro atoms. The summed E-state index contributed by atoms with van der Waals surface area (Å²) in [6.45, 7) is 0. The molecule has 0 heterocycles. The second-order valence-corrected chi connectivity index (χ2v) is 6.09. The van der Waals surface area contributed by atoms with E-state index in [2.05, 4.69) is 12.1 Å². The number of esters is 1. The van der Waals surface area contributed by atoms with Gasteiger partial charge in [-0.15, -0.1) is 0 Å². The van der Waals surface area contributed by atoms with Gasteiger partial charge in [-0.05, 0) is 30.4 Å². The summed E-state index contributed by atoms with van der Waals surface area (Å²) in [5, 5.41) is 10.2. The number of benzene rings is 2. The van der Waals surface area contributed by atoms with Crippen LogP contribution in [-0.4, -0.2) is 17.2 Å². The van der Waals surface area contributed by atoms with Crippen molar-refractivity contribution in [1.29, 1.82) is 0 Å². The Balaban J connectivity index is 1.71. The fourth-order valence-electron chi connectivity index (χ4n) is 3.30. The van der Waals surface area contributed by atoms with Gasteiger partial charge in [0.15, 0.2) is 6.10 Å². The van der Waals surface area contributed by atoms with Crippen LogP contribution in [0.25, 0.3) is 0 Å². The molecule has 1 N–H and O–H groups in total. The van der Waals surface area contributed by atoms with Crippen molar-refractivity contribution in [2.24, 2.45) is 0 Å². The van der Waals surface area contributed by atoms with Gasteiger partial charge in [0.25, 0.3) is 0 Å². The van der Waals surface area contributed by atoms with Crippen molar-refractivity contribution in [3.63, 3.8) is 0 Å². The highest BCUT2D eigenvalue weighted by molar-refractivity contribution is 5.76. The average molecular weight is 310 g/mol. The van der Waals surface area contributed by atoms with Crippen molar-refractivity contribution < 1.29 is 14.6 Å². The third kappa shape index (κ3) is 3.80. The van der Waals surface area contributed by atoms with Crippen LogP contribution in [0.2, 0.25) is 0 Å². The van der Waals surface area contributed by atoms with Gasteiger partial charge in [0.1, 0.15) is 6.10 Å². The number of aliphatic hydroxyl groups is 1. The van der Waals surface area contributed by atoms with E-state index in [0.717, 1.165) is 25.7 Å². The molecule has 3 rings (SSSR count). The minimum Gasteiger partial charge on any atom is -0.460 e. The van der Waals surface area contributed by atoms with E-state index in [1.165, 1.54) is 5.56 Å². The smallest absolute Gasteiger partial charge is 0.339 e. The number of aliphatic hydroxyl groups excluding tert-OH is 1. The molecule has 1 aliphatic carbocycles. The minimum absolute atomic E-state index is 0.156. The van der Waals surface area contributed by atoms with E-state index in [-0.39, 0.29) is 12.0 Å². The average Bonchev–Trinajstić information content (AvgIpc) is 2.63. The summed E-state index contributed by atoms with van der Waals surface area (Å²) < 4.78 is 5.69. The zero-order chi connectivity index (χ0) is 16.1. The van der Waals surface area contributed by atoms with Gasteiger partial charge in [0.2, 0.25) is 0 Å². The Morgan fingerprint density at radius 2 is 1.57 bits per heavy atom. The maximum atomic E-state index is 12.3. The fraction of sp³-hybridized carbons (Fsp3) is 0.350. The first kappa shape index (κ1) is 15.8. The van der Waals surface area contributed by atoms with E-state index in [1.54, 1.807) is 24.3 Å². The maximum absolute atomic E-state index is 12.3. The number of rotatable bonds is 4. The predicted octanol–water partition coefficient (Wildman–Crippen LogP) is 3.99. The van der Waals surface area contributed by atoms with Gasteiger partial charge in [0.05, 0.1) is 0 Å². The van der Waals surface area contributed by atoms with Crippen LogP contribution < -0.4 is 0 Å². The molecule has 1 unspecified atom stereocenters. The minimum atomic E-state index is -1.21. The third-order valence-corrected chi connectivity index (χ3v) is 4.54. The lowest BCUT2D eigenvalue weighted by atomic mass is 9.81. The van der Waals surface area contributed by atoms with Crippen molar-refractivity contribution >= 4 is 5.97 Å². The number of hydrogen-bond donors (Lipinski definition) is 1. The van der Waals surface area contributed by atoms with Gasteiger partial charge in [-0.1, -0.05) is 67.1 Å². The van der Waals surface area contributed by atoms with E-state index < -0.39 is 12.1 Å². The molecular weight excluding hydrogens is 288 g/mol. The van der Waals surface area contributed by atoms with Crippen LogP contribution in [0.4, 0.5) is 0 Å². The van der Waals surface area contributed by atoms with Gasteiger partial charge in [-0.2, -0.15) is 0 Å². The third-order valence-electron chi connectivity index (χ3n) is 4.54. The zero-order valence-corrected chi connectivity index (χ0v) is 13.1. The molecule has 1 fully saturated rings. The molecule has 3 atom stereocenters. The van der Waals surface area contributed by atoms with Crippen molar-refractivity contribution in [2.75, 3.05) is 0 Å². The van der Waals surface area contributed by atoms with Crippen LogP contribution in [0.3, 0.4) is 0 Å². The molecule has 2 aromatic rings. The van der Waals surface area contributed by atoms with Crippen LogP contribution in [0.15, 0.2) is 60.7 Å². The fourth-order valence-corrected chi connectivity index (χ4v) is 3.30. The first-order valence-electron chi connectivity index (χ1n) is 8.24. The lowest BCUT2D eigenvalue weighted by Crippen LogP contribution is -2.30. The molecule has 0 amide bonds. The molecule has 0 radical (unpaired) electrons. The summed E-state index contributed by atoms with van der Waals surface area (Å²) in [5.41, 5.74) is 1.78. The largest absolute Gasteiger partial charge is 0.460 e. The Labute approximate surface area is 136 Å². The molecule has 0 aliphatic heterocycles. The van der Waals surface area contributed by atoms with Crippen LogP contribution in [-0.2, 0) is 9.53 Å². The summed E-state index contributed by atoms with van der Waals surface area (Å²) in [6.07, 6.45) is 2.71. The first-order valence-corrected chi connectivity index (χ1v) is 8.24. The second kappa shape index (κ2) is 7.42. The van der Waals surface area contributed by atoms with E-state index in [9.17, 15) is 9.90 Å². The van der Waals surface area contributed by atoms with Crippen LogP contribution >= 0.6 is 0 Å². The molecule has 23 heavy (non-hydrogen) atoms. The van der Waals surface area contributed by atoms with E-state index in [0.29, 0.717) is 5.56 Å². The van der Waals surface area contributed by atoms with Crippen molar-refractivity contribution in [1.82, 2.24) is 0 Å². The molecule has 3 heteroatoms. The van der Waals surface area contributed by atoms with Crippen molar-refractivity contribution in [2.45, 2.75) is 43.8 Å². The molecule has 0 aromatic heterocycles. The summed E-state index contributed by atoms with van der Waals surface area (Å²) in [5.74, 6) is -0.332. The molecule has 0 saturated heterocycles. The van der Waals surface area contributed by atoms with Gasteiger partial charge in [0, 0.05) is 5.92 Å². The topological polar surface area (TPSA) is 46.5 Å². The SMILES string of the molecule is O=C(O[C@@H]1CCCC[C@H]1c1ccccc1)C(O)c1ccccc1. The molecule has 1 saturated carbocycles.